The Morgan fingerprint density at radius 3 is 2.41 bits per heavy atom. The molecule has 5 nitrogen and oxygen atoms in total. The van der Waals surface area contributed by atoms with Gasteiger partial charge < -0.3 is 19.5 Å². The zero-order chi connectivity index (χ0) is 15.2. The van der Waals surface area contributed by atoms with Gasteiger partial charge in [-0.25, -0.2) is 4.79 Å². The molecule has 0 saturated heterocycles. The van der Waals surface area contributed by atoms with Gasteiger partial charge in [0.15, 0.2) is 0 Å². The standard InChI is InChI=1S/C16H21NO4.Li/c1-17(14(15(18)19)13-9-5-6-10-13)16(20)21-11-12-7-3-2-4-8-12;/h2-4,7-8,13-14H,5-6,9-11H2,1H3,(H,18,19);/q;+1/p-1. The van der Waals surface area contributed by atoms with Crippen LogP contribution in [0.15, 0.2) is 30.3 Å². The minimum absolute atomic E-state index is 0. The summed E-state index contributed by atoms with van der Waals surface area (Å²) in [4.78, 5) is 24.5. The van der Waals surface area contributed by atoms with Crippen LogP contribution in [0.3, 0.4) is 0 Å². The topological polar surface area (TPSA) is 69.7 Å². The smallest absolute Gasteiger partial charge is 0.548 e. The van der Waals surface area contributed by atoms with Crippen molar-refractivity contribution in [3.05, 3.63) is 35.9 Å². The number of rotatable bonds is 5. The van der Waals surface area contributed by atoms with Gasteiger partial charge in [-0.05, 0) is 24.3 Å². The molecule has 1 unspecified atom stereocenters. The van der Waals surface area contributed by atoms with Crippen LogP contribution in [0.1, 0.15) is 31.2 Å². The third-order valence-corrected chi connectivity index (χ3v) is 4.00. The van der Waals surface area contributed by atoms with Gasteiger partial charge in [-0.15, -0.1) is 0 Å². The molecule has 0 aromatic heterocycles. The summed E-state index contributed by atoms with van der Waals surface area (Å²) in [5.74, 6) is -1.25. The molecule has 1 saturated carbocycles. The van der Waals surface area contributed by atoms with Crippen molar-refractivity contribution in [1.29, 1.82) is 0 Å². The summed E-state index contributed by atoms with van der Waals surface area (Å²) < 4.78 is 5.18. The fraction of sp³-hybridized carbons (Fsp3) is 0.500. The molecule has 0 heterocycles. The molecule has 1 atom stereocenters. The Balaban J connectivity index is 0.00000242. The molecule has 6 heteroatoms. The van der Waals surface area contributed by atoms with Crippen LogP contribution in [0.2, 0.25) is 0 Å². The maximum Gasteiger partial charge on any atom is 1.00 e. The molecule has 1 aromatic carbocycles. The van der Waals surface area contributed by atoms with Crippen molar-refractivity contribution >= 4 is 12.1 Å². The second kappa shape index (κ2) is 8.87. The molecule has 0 aliphatic heterocycles. The Bertz CT molecular complexity index is 488. The molecular formula is C16H20LiNO4. The summed E-state index contributed by atoms with van der Waals surface area (Å²) >= 11 is 0. The number of carbonyl (C=O) groups is 2. The van der Waals surface area contributed by atoms with Crippen LogP contribution in [0, 0.1) is 5.92 Å². The van der Waals surface area contributed by atoms with E-state index in [0.29, 0.717) is 0 Å². The zero-order valence-corrected chi connectivity index (χ0v) is 13.2. The Kier molecular flexibility index (Phi) is 7.50. The van der Waals surface area contributed by atoms with E-state index in [4.69, 9.17) is 4.74 Å². The minimum atomic E-state index is -1.21. The van der Waals surface area contributed by atoms with E-state index in [-0.39, 0.29) is 31.4 Å². The molecule has 1 aliphatic rings. The summed E-state index contributed by atoms with van der Waals surface area (Å²) in [6, 6.07) is 8.38. The van der Waals surface area contributed by atoms with Gasteiger partial charge in [0.2, 0.25) is 0 Å². The summed E-state index contributed by atoms with van der Waals surface area (Å²) in [5.41, 5.74) is 0.866. The number of amides is 1. The second-order valence-electron chi connectivity index (χ2n) is 5.46. The van der Waals surface area contributed by atoms with Crippen molar-refractivity contribution in [1.82, 2.24) is 4.90 Å². The van der Waals surface area contributed by atoms with Crippen LogP contribution in [0.4, 0.5) is 4.79 Å². The summed E-state index contributed by atoms with van der Waals surface area (Å²) in [6.07, 6.45) is 3.01. The van der Waals surface area contributed by atoms with Gasteiger partial charge in [0.1, 0.15) is 6.61 Å². The molecule has 1 aromatic rings. The first-order chi connectivity index (χ1) is 10.1. The van der Waals surface area contributed by atoms with Gasteiger partial charge in [0.05, 0.1) is 12.0 Å². The molecular weight excluding hydrogens is 277 g/mol. The second-order valence-corrected chi connectivity index (χ2v) is 5.46. The summed E-state index contributed by atoms with van der Waals surface area (Å²) in [7, 11) is 1.46. The SMILES string of the molecule is CN(C(=O)OCc1ccccc1)C(C(=O)[O-])C1CCCC1.[Li+]. The number of nitrogens with zero attached hydrogens (tertiary/aromatic N) is 1. The van der Waals surface area contributed by atoms with Crippen LogP contribution in [-0.4, -0.2) is 30.1 Å². The van der Waals surface area contributed by atoms with E-state index in [1.165, 1.54) is 7.05 Å². The van der Waals surface area contributed by atoms with E-state index in [0.717, 1.165) is 36.1 Å². The third-order valence-electron chi connectivity index (χ3n) is 4.00. The van der Waals surface area contributed by atoms with E-state index in [2.05, 4.69) is 0 Å². The molecule has 1 aliphatic carbocycles. The predicted molar refractivity (Wildman–Crippen MR) is 75.1 cm³/mol. The van der Waals surface area contributed by atoms with Crippen LogP contribution < -0.4 is 24.0 Å². The van der Waals surface area contributed by atoms with Gasteiger partial charge in [-0.2, -0.15) is 0 Å². The Morgan fingerprint density at radius 2 is 1.86 bits per heavy atom. The normalized spacial score (nSPS) is 15.7. The van der Waals surface area contributed by atoms with Gasteiger partial charge in [0, 0.05) is 7.05 Å². The average Bonchev–Trinajstić information content (AvgIpc) is 2.99. The first kappa shape index (κ1) is 18.6. The predicted octanol–water partition coefficient (Wildman–Crippen LogP) is -1.43. The molecule has 0 radical (unpaired) electrons. The van der Waals surface area contributed by atoms with Crippen molar-refractivity contribution in [2.75, 3.05) is 7.05 Å². The number of carboxylic acids is 1. The molecule has 0 bridgehead atoms. The molecule has 1 fully saturated rings. The Hall–Kier alpha value is -1.44. The first-order valence-corrected chi connectivity index (χ1v) is 7.24. The number of likely N-dealkylation sites (N-methyl/N-ethyl adjacent to an activating group) is 1. The molecule has 0 spiro atoms. The van der Waals surface area contributed by atoms with Gasteiger partial charge in [-0.1, -0.05) is 43.2 Å². The van der Waals surface area contributed by atoms with E-state index in [1.807, 2.05) is 30.3 Å². The first-order valence-electron chi connectivity index (χ1n) is 7.24. The van der Waals surface area contributed by atoms with Gasteiger partial charge in [-0.3, -0.25) is 0 Å². The molecule has 2 rings (SSSR count). The van der Waals surface area contributed by atoms with Crippen molar-refractivity contribution < 1.29 is 38.3 Å². The number of carbonyl (C=O) groups excluding carboxylic acids is 2. The Labute approximate surface area is 142 Å². The largest absolute Gasteiger partial charge is 1.00 e. The van der Waals surface area contributed by atoms with E-state index in [1.54, 1.807) is 0 Å². The monoisotopic (exact) mass is 297 g/mol. The number of hydrogen-bond donors (Lipinski definition) is 0. The van der Waals surface area contributed by atoms with Crippen molar-refractivity contribution in [3.63, 3.8) is 0 Å². The van der Waals surface area contributed by atoms with Crippen LogP contribution in [-0.2, 0) is 16.1 Å². The van der Waals surface area contributed by atoms with Gasteiger partial charge >= 0.3 is 25.0 Å². The van der Waals surface area contributed by atoms with Gasteiger partial charge in [0.25, 0.3) is 0 Å². The summed E-state index contributed by atoms with van der Waals surface area (Å²) in [6.45, 7) is 0.133. The average molecular weight is 297 g/mol. The van der Waals surface area contributed by atoms with Crippen LogP contribution in [0.5, 0.6) is 0 Å². The van der Waals surface area contributed by atoms with E-state index >= 15 is 0 Å². The minimum Gasteiger partial charge on any atom is -0.548 e. The fourth-order valence-electron chi connectivity index (χ4n) is 2.87. The number of benzene rings is 1. The number of aliphatic carboxylic acids is 1. The molecule has 0 N–H and O–H groups in total. The Morgan fingerprint density at radius 1 is 1.27 bits per heavy atom. The molecule has 114 valence electrons. The quantitative estimate of drug-likeness (QED) is 0.625. The number of ether oxygens (including phenoxy) is 1. The van der Waals surface area contributed by atoms with E-state index in [9.17, 15) is 14.7 Å². The third kappa shape index (κ3) is 4.79. The van der Waals surface area contributed by atoms with Crippen molar-refractivity contribution in [3.8, 4) is 0 Å². The number of hydrogen-bond acceptors (Lipinski definition) is 4. The molecule has 1 amide bonds. The van der Waals surface area contributed by atoms with Crippen molar-refractivity contribution in [2.24, 2.45) is 5.92 Å². The summed E-state index contributed by atoms with van der Waals surface area (Å²) in [5, 5.41) is 11.3. The number of carboxylic acid groups (broad SMARTS) is 1. The molecule has 22 heavy (non-hydrogen) atoms. The zero-order valence-electron chi connectivity index (χ0n) is 13.2. The fourth-order valence-corrected chi connectivity index (χ4v) is 2.87. The maximum atomic E-state index is 12.0. The van der Waals surface area contributed by atoms with Crippen LogP contribution in [0.25, 0.3) is 0 Å². The van der Waals surface area contributed by atoms with Crippen molar-refractivity contribution in [2.45, 2.75) is 38.3 Å². The maximum absolute atomic E-state index is 12.0. The van der Waals surface area contributed by atoms with Crippen LogP contribution >= 0.6 is 0 Å². The van der Waals surface area contributed by atoms with E-state index < -0.39 is 18.1 Å².